The minimum Gasteiger partial charge on any atom is -0.395 e. The summed E-state index contributed by atoms with van der Waals surface area (Å²) in [6, 6.07) is 0. The molecular weight excluding hydrogens is 296 g/mol. The monoisotopic (exact) mass is 316 g/mol. The molecule has 2 rings (SSSR count). The molecule has 1 aliphatic rings. The highest BCUT2D eigenvalue weighted by Crippen LogP contribution is 2.29. The Hall–Kier alpha value is -1.42. The Labute approximate surface area is 126 Å². The normalized spacial score (nSPS) is 15.2. The van der Waals surface area contributed by atoms with Crippen molar-refractivity contribution in [3.63, 3.8) is 0 Å². The molecule has 0 unspecified atom stereocenters. The number of aliphatic hydroxyl groups excluding tert-OH is 2. The Kier molecular flexibility index (Phi) is 5.74. The van der Waals surface area contributed by atoms with E-state index in [9.17, 15) is 4.79 Å². The van der Waals surface area contributed by atoms with Gasteiger partial charge in [0.15, 0.2) is 5.13 Å². The van der Waals surface area contributed by atoms with Gasteiger partial charge in [-0.3, -0.25) is 4.79 Å². The van der Waals surface area contributed by atoms with E-state index in [1.807, 2.05) is 4.90 Å². The molecule has 1 aromatic heterocycles. The largest absolute Gasteiger partial charge is 0.395 e. The minimum absolute atomic E-state index is 0.156. The molecule has 0 atom stereocenters. The molecule has 0 radical (unpaired) electrons. The number of aromatic nitrogens is 1. The first-order chi connectivity index (χ1) is 10.2. The Morgan fingerprint density at radius 1 is 1.33 bits per heavy atom. The maximum atomic E-state index is 12.4. The summed E-state index contributed by atoms with van der Waals surface area (Å²) in [6.45, 7) is 2.68. The molecule has 0 spiro atoms. The van der Waals surface area contributed by atoms with Crippen LogP contribution in [0.15, 0.2) is 0 Å². The number of ether oxygens (including phenoxy) is 1. The quantitative estimate of drug-likeness (QED) is 0.616. The van der Waals surface area contributed by atoms with Crippen LogP contribution in [-0.2, 0) is 4.74 Å². The van der Waals surface area contributed by atoms with E-state index >= 15 is 0 Å². The van der Waals surface area contributed by atoms with Gasteiger partial charge >= 0.3 is 0 Å². The lowest BCUT2D eigenvalue weighted by Crippen LogP contribution is -2.36. The van der Waals surface area contributed by atoms with Crippen LogP contribution in [0.25, 0.3) is 0 Å². The van der Waals surface area contributed by atoms with E-state index in [1.54, 1.807) is 0 Å². The number of carbonyl (C=O) groups is 1. The van der Waals surface area contributed by atoms with Gasteiger partial charge in [-0.25, -0.2) is 4.98 Å². The lowest BCUT2D eigenvalue weighted by Gasteiger charge is -2.26. The first-order valence-corrected chi connectivity index (χ1v) is 7.59. The Balaban J connectivity index is 2.14. The summed E-state index contributed by atoms with van der Waals surface area (Å²) in [6.07, 6.45) is 0. The van der Waals surface area contributed by atoms with Gasteiger partial charge in [-0.2, -0.15) is 0 Å². The smallest absolute Gasteiger partial charge is 0.268 e. The molecule has 8 nitrogen and oxygen atoms in total. The van der Waals surface area contributed by atoms with Gasteiger partial charge in [-0.05, 0) is 0 Å². The van der Waals surface area contributed by atoms with Gasteiger partial charge in [0.1, 0.15) is 10.7 Å². The summed E-state index contributed by atoms with van der Waals surface area (Å²) in [5, 5.41) is 18.7. The van der Waals surface area contributed by atoms with E-state index in [-0.39, 0.29) is 38.0 Å². The van der Waals surface area contributed by atoms with Gasteiger partial charge in [0.25, 0.3) is 5.91 Å². The van der Waals surface area contributed by atoms with Gasteiger partial charge in [0.2, 0.25) is 0 Å². The first kappa shape index (κ1) is 16.0. The lowest BCUT2D eigenvalue weighted by atomic mass is 10.4. The third kappa shape index (κ3) is 3.82. The SMILES string of the molecule is Nc1nc(N2CCOCC2)sc1C(=O)N(CCO)CCO. The van der Waals surface area contributed by atoms with E-state index in [2.05, 4.69) is 4.98 Å². The number of thiazole rings is 1. The number of anilines is 2. The summed E-state index contributed by atoms with van der Waals surface area (Å²) < 4.78 is 5.28. The van der Waals surface area contributed by atoms with Crippen molar-refractivity contribution in [2.24, 2.45) is 0 Å². The standard InChI is InChI=1S/C12H20N4O4S/c13-10-9(11(19)15(1-5-17)2-6-18)21-12(14-10)16-3-7-20-8-4-16/h17-18H,1-8,13H2. The maximum Gasteiger partial charge on any atom is 0.268 e. The van der Waals surface area contributed by atoms with Crippen molar-refractivity contribution >= 4 is 28.2 Å². The average Bonchev–Trinajstić information content (AvgIpc) is 2.89. The van der Waals surface area contributed by atoms with Crippen LogP contribution in [-0.4, -0.2) is 78.6 Å². The molecular formula is C12H20N4O4S. The number of nitrogens with two attached hydrogens (primary N) is 1. The van der Waals surface area contributed by atoms with Crippen LogP contribution < -0.4 is 10.6 Å². The molecule has 1 aliphatic heterocycles. The fraction of sp³-hybridized carbons (Fsp3) is 0.667. The summed E-state index contributed by atoms with van der Waals surface area (Å²) in [4.78, 5) is 20.4. The summed E-state index contributed by atoms with van der Waals surface area (Å²) in [5.74, 6) is -0.125. The number of hydrogen-bond acceptors (Lipinski definition) is 8. The predicted molar refractivity (Wildman–Crippen MR) is 79.6 cm³/mol. The fourth-order valence-corrected chi connectivity index (χ4v) is 3.07. The molecule has 1 aromatic rings. The zero-order chi connectivity index (χ0) is 15.2. The van der Waals surface area contributed by atoms with Crippen molar-refractivity contribution in [2.75, 3.05) is 63.2 Å². The Bertz CT molecular complexity index is 470. The highest BCUT2D eigenvalue weighted by Gasteiger charge is 2.24. The van der Waals surface area contributed by atoms with Crippen molar-refractivity contribution in [3.8, 4) is 0 Å². The van der Waals surface area contributed by atoms with Crippen LogP contribution in [0.2, 0.25) is 0 Å². The second-order valence-electron chi connectivity index (χ2n) is 4.55. The molecule has 0 bridgehead atoms. The summed E-state index contributed by atoms with van der Waals surface area (Å²) in [7, 11) is 0. The number of aliphatic hydroxyl groups is 2. The van der Waals surface area contributed by atoms with Crippen molar-refractivity contribution in [1.82, 2.24) is 9.88 Å². The molecule has 9 heteroatoms. The van der Waals surface area contributed by atoms with Gasteiger partial charge in [-0.1, -0.05) is 11.3 Å². The zero-order valence-corrected chi connectivity index (χ0v) is 12.5. The van der Waals surface area contributed by atoms with Crippen LogP contribution in [0, 0.1) is 0 Å². The Morgan fingerprint density at radius 3 is 2.52 bits per heavy atom. The summed E-state index contributed by atoms with van der Waals surface area (Å²) >= 11 is 1.23. The van der Waals surface area contributed by atoms with E-state index in [1.165, 1.54) is 16.2 Å². The van der Waals surface area contributed by atoms with E-state index < -0.39 is 0 Å². The molecule has 0 saturated carbocycles. The van der Waals surface area contributed by atoms with Gasteiger partial charge in [0.05, 0.1) is 26.4 Å². The molecule has 1 fully saturated rings. The number of nitrogens with zero attached hydrogens (tertiary/aromatic N) is 3. The van der Waals surface area contributed by atoms with Crippen LogP contribution in [0.5, 0.6) is 0 Å². The molecule has 1 amide bonds. The maximum absolute atomic E-state index is 12.4. The molecule has 0 aromatic carbocycles. The van der Waals surface area contributed by atoms with Crippen molar-refractivity contribution < 1.29 is 19.7 Å². The van der Waals surface area contributed by atoms with Crippen molar-refractivity contribution in [1.29, 1.82) is 0 Å². The van der Waals surface area contributed by atoms with Crippen LogP contribution >= 0.6 is 11.3 Å². The average molecular weight is 316 g/mol. The molecule has 21 heavy (non-hydrogen) atoms. The summed E-state index contributed by atoms with van der Waals surface area (Å²) in [5.41, 5.74) is 5.85. The molecule has 0 aliphatic carbocycles. The van der Waals surface area contributed by atoms with Crippen molar-refractivity contribution in [2.45, 2.75) is 0 Å². The van der Waals surface area contributed by atoms with E-state index in [4.69, 9.17) is 20.7 Å². The van der Waals surface area contributed by atoms with Crippen LogP contribution in [0.4, 0.5) is 10.9 Å². The minimum atomic E-state index is -0.312. The highest BCUT2D eigenvalue weighted by atomic mass is 32.1. The Morgan fingerprint density at radius 2 is 1.95 bits per heavy atom. The van der Waals surface area contributed by atoms with Crippen LogP contribution in [0.3, 0.4) is 0 Å². The third-order valence-corrected chi connectivity index (χ3v) is 4.26. The number of rotatable bonds is 6. The van der Waals surface area contributed by atoms with Gasteiger partial charge < -0.3 is 30.5 Å². The topological polar surface area (TPSA) is 112 Å². The zero-order valence-electron chi connectivity index (χ0n) is 11.7. The van der Waals surface area contributed by atoms with E-state index in [0.717, 1.165) is 13.1 Å². The predicted octanol–water partition coefficient (Wildman–Crippen LogP) is -1.01. The number of hydrogen-bond donors (Lipinski definition) is 3. The third-order valence-electron chi connectivity index (χ3n) is 3.14. The first-order valence-electron chi connectivity index (χ1n) is 6.77. The van der Waals surface area contributed by atoms with Crippen molar-refractivity contribution in [3.05, 3.63) is 4.88 Å². The molecule has 2 heterocycles. The molecule has 118 valence electrons. The van der Waals surface area contributed by atoms with Gasteiger partial charge in [-0.15, -0.1) is 0 Å². The van der Waals surface area contributed by atoms with Crippen LogP contribution in [0.1, 0.15) is 9.67 Å². The van der Waals surface area contributed by atoms with Gasteiger partial charge in [0, 0.05) is 26.2 Å². The number of nitrogen functional groups attached to an aromatic ring is 1. The van der Waals surface area contributed by atoms with E-state index in [0.29, 0.717) is 23.2 Å². The number of morpholine rings is 1. The number of carbonyl (C=O) groups excluding carboxylic acids is 1. The highest BCUT2D eigenvalue weighted by molar-refractivity contribution is 7.18. The molecule has 4 N–H and O–H groups in total. The second kappa shape index (κ2) is 7.55. The fourth-order valence-electron chi connectivity index (χ4n) is 2.06. The second-order valence-corrected chi connectivity index (χ2v) is 5.53. The lowest BCUT2D eigenvalue weighted by molar-refractivity contribution is 0.0690. The number of amides is 1. The molecule has 1 saturated heterocycles.